The van der Waals surface area contributed by atoms with Crippen LogP contribution in [0, 0.1) is 12.8 Å². The first-order chi connectivity index (χ1) is 9.46. The van der Waals surface area contributed by atoms with Crippen molar-refractivity contribution in [2.75, 3.05) is 6.61 Å². The summed E-state index contributed by atoms with van der Waals surface area (Å²) in [6.07, 6.45) is 3.67. The van der Waals surface area contributed by atoms with E-state index in [2.05, 4.69) is 12.2 Å². The van der Waals surface area contributed by atoms with Gasteiger partial charge < -0.3 is 15.5 Å². The Balaban J connectivity index is 2.13. The second kappa shape index (κ2) is 5.83. The summed E-state index contributed by atoms with van der Waals surface area (Å²) in [6.45, 7) is 3.97. The third-order valence-electron chi connectivity index (χ3n) is 4.37. The lowest BCUT2D eigenvalue weighted by Crippen LogP contribution is -2.53. The molecule has 1 saturated carbocycles. The number of aryl methyl sites for hydroxylation is 1. The molecule has 1 aromatic carbocycles. The fourth-order valence-electron chi connectivity index (χ4n) is 2.85. The molecule has 1 fully saturated rings. The molecule has 0 heterocycles. The zero-order valence-corrected chi connectivity index (χ0v) is 12.1. The van der Waals surface area contributed by atoms with Crippen LogP contribution in [0.4, 0.5) is 0 Å². The SMILES string of the molecule is Cc1cc(O)ccc1C(=O)NC1(CO)CCC(C)CC1. The quantitative estimate of drug-likeness (QED) is 0.794. The second-order valence-electron chi connectivity index (χ2n) is 6.07. The average molecular weight is 277 g/mol. The lowest BCUT2D eigenvalue weighted by atomic mass is 9.77. The van der Waals surface area contributed by atoms with E-state index in [4.69, 9.17) is 0 Å². The summed E-state index contributed by atoms with van der Waals surface area (Å²) >= 11 is 0. The summed E-state index contributed by atoms with van der Waals surface area (Å²) in [5, 5.41) is 22.1. The van der Waals surface area contributed by atoms with Gasteiger partial charge in [0.15, 0.2) is 0 Å². The van der Waals surface area contributed by atoms with E-state index in [1.54, 1.807) is 19.1 Å². The third-order valence-corrected chi connectivity index (χ3v) is 4.37. The highest BCUT2D eigenvalue weighted by Gasteiger charge is 2.35. The van der Waals surface area contributed by atoms with Crippen LogP contribution in [0.2, 0.25) is 0 Å². The van der Waals surface area contributed by atoms with Gasteiger partial charge in [-0.05, 0) is 62.3 Å². The van der Waals surface area contributed by atoms with Crippen LogP contribution < -0.4 is 5.32 Å². The summed E-state index contributed by atoms with van der Waals surface area (Å²) in [5.74, 6) is 0.635. The molecule has 1 amide bonds. The fraction of sp³-hybridized carbons (Fsp3) is 0.562. The van der Waals surface area contributed by atoms with Gasteiger partial charge in [0, 0.05) is 5.56 Å². The molecule has 0 bridgehead atoms. The van der Waals surface area contributed by atoms with Gasteiger partial charge in [-0.25, -0.2) is 0 Å². The standard InChI is InChI=1S/C16H23NO3/c1-11-5-7-16(10-18,8-6-11)17-15(20)14-4-3-13(19)9-12(14)2/h3-4,9,11,18-19H,5-8,10H2,1-2H3,(H,17,20). The number of phenolic OH excluding ortho intramolecular Hbond substituents is 1. The third kappa shape index (κ3) is 3.12. The number of hydrogen-bond acceptors (Lipinski definition) is 3. The van der Waals surface area contributed by atoms with Gasteiger partial charge in [0.1, 0.15) is 5.75 Å². The molecule has 0 saturated heterocycles. The van der Waals surface area contributed by atoms with Crippen molar-refractivity contribution in [2.45, 2.75) is 45.1 Å². The van der Waals surface area contributed by atoms with Crippen LogP contribution in [0.1, 0.15) is 48.5 Å². The van der Waals surface area contributed by atoms with Crippen LogP contribution in [0.5, 0.6) is 5.75 Å². The van der Waals surface area contributed by atoms with E-state index >= 15 is 0 Å². The van der Waals surface area contributed by atoms with Gasteiger partial charge in [0.2, 0.25) is 0 Å². The molecule has 0 radical (unpaired) electrons. The normalized spacial score (nSPS) is 26.2. The van der Waals surface area contributed by atoms with Crippen LogP contribution in [-0.4, -0.2) is 28.3 Å². The summed E-state index contributed by atoms with van der Waals surface area (Å²) in [4.78, 5) is 12.4. The molecule has 1 aliphatic carbocycles. The number of hydrogen-bond donors (Lipinski definition) is 3. The Morgan fingerprint density at radius 2 is 2.05 bits per heavy atom. The van der Waals surface area contributed by atoms with Gasteiger partial charge in [0.05, 0.1) is 12.1 Å². The molecule has 0 unspecified atom stereocenters. The molecular formula is C16H23NO3. The first-order valence-electron chi connectivity index (χ1n) is 7.19. The van der Waals surface area contributed by atoms with Gasteiger partial charge in [-0.2, -0.15) is 0 Å². The van der Waals surface area contributed by atoms with Crippen molar-refractivity contribution in [2.24, 2.45) is 5.92 Å². The Labute approximate surface area is 119 Å². The Morgan fingerprint density at radius 1 is 1.40 bits per heavy atom. The van der Waals surface area contributed by atoms with Crippen LogP contribution in [-0.2, 0) is 0 Å². The van der Waals surface area contributed by atoms with E-state index in [9.17, 15) is 15.0 Å². The van der Waals surface area contributed by atoms with E-state index in [0.29, 0.717) is 11.5 Å². The van der Waals surface area contributed by atoms with E-state index in [1.165, 1.54) is 6.07 Å². The summed E-state index contributed by atoms with van der Waals surface area (Å²) in [5.41, 5.74) is 0.794. The topological polar surface area (TPSA) is 69.6 Å². The molecular weight excluding hydrogens is 254 g/mol. The number of benzene rings is 1. The predicted molar refractivity (Wildman–Crippen MR) is 77.8 cm³/mol. The zero-order chi connectivity index (χ0) is 14.8. The zero-order valence-electron chi connectivity index (χ0n) is 12.1. The van der Waals surface area contributed by atoms with Crippen molar-refractivity contribution in [3.8, 4) is 5.75 Å². The van der Waals surface area contributed by atoms with Crippen molar-refractivity contribution in [1.29, 1.82) is 0 Å². The van der Waals surface area contributed by atoms with E-state index in [0.717, 1.165) is 31.2 Å². The van der Waals surface area contributed by atoms with Crippen LogP contribution in [0.25, 0.3) is 0 Å². The van der Waals surface area contributed by atoms with E-state index in [1.807, 2.05) is 0 Å². The first-order valence-corrected chi connectivity index (χ1v) is 7.19. The summed E-state index contributed by atoms with van der Waals surface area (Å²) in [7, 11) is 0. The molecule has 0 spiro atoms. The molecule has 4 heteroatoms. The first kappa shape index (κ1) is 14.9. The van der Waals surface area contributed by atoms with Gasteiger partial charge >= 0.3 is 0 Å². The van der Waals surface area contributed by atoms with Crippen molar-refractivity contribution >= 4 is 5.91 Å². The number of nitrogens with one attached hydrogen (secondary N) is 1. The molecule has 1 aromatic rings. The number of rotatable bonds is 3. The molecule has 2 rings (SSSR count). The van der Waals surface area contributed by atoms with Crippen molar-refractivity contribution in [3.05, 3.63) is 29.3 Å². The minimum Gasteiger partial charge on any atom is -0.508 e. The highest BCUT2D eigenvalue weighted by molar-refractivity contribution is 5.96. The smallest absolute Gasteiger partial charge is 0.252 e. The number of aromatic hydroxyl groups is 1. The van der Waals surface area contributed by atoms with Gasteiger partial charge in [-0.1, -0.05) is 6.92 Å². The lowest BCUT2D eigenvalue weighted by Gasteiger charge is -2.38. The fourth-order valence-corrected chi connectivity index (χ4v) is 2.85. The van der Waals surface area contributed by atoms with E-state index in [-0.39, 0.29) is 18.3 Å². The Hall–Kier alpha value is -1.55. The van der Waals surface area contributed by atoms with Gasteiger partial charge in [0.25, 0.3) is 5.91 Å². The second-order valence-corrected chi connectivity index (χ2v) is 6.07. The largest absolute Gasteiger partial charge is 0.508 e. The number of carbonyl (C=O) groups is 1. The summed E-state index contributed by atoms with van der Waals surface area (Å²) < 4.78 is 0. The molecule has 1 aliphatic rings. The number of aliphatic hydroxyl groups excluding tert-OH is 1. The number of aliphatic hydroxyl groups is 1. The minimum atomic E-state index is -0.492. The van der Waals surface area contributed by atoms with Crippen LogP contribution in [0.3, 0.4) is 0 Å². The predicted octanol–water partition coefficient (Wildman–Crippen LogP) is 2.37. The Kier molecular flexibility index (Phi) is 4.33. The molecule has 3 N–H and O–H groups in total. The Morgan fingerprint density at radius 3 is 2.60 bits per heavy atom. The van der Waals surface area contributed by atoms with Crippen molar-refractivity contribution in [1.82, 2.24) is 5.32 Å². The molecule has 0 aromatic heterocycles. The average Bonchev–Trinajstić information content (AvgIpc) is 2.41. The van der Waals surface area contributed by atoms with Crippen molar-refractivity contribution in [3.63, 3.8) is 0 Å². The maximum Gasteiger partial charge on any atom is 0.252 e. The van der Waals surface area contributed by atoms with Crippen LogP contribution >= 0.6 is 0 Å². The van der Waals surface area contributed by atoms with E-state index < -0.39 is 5.54 Å². The van der Waals surface area contributed by atoms with Gasteiger partial charge in [-0.15, -0.1) is 0 Å². The molecule has 20 heavy (non-hydrogen) atoms. The lowest BCUT2D eigenvalue weighted by molar-refractivity contribution is 0.0716. The van der Waals surface area contributed by atoms with Crippen molar-refractivity contribution < 1.29 is 15.0 Å². The maximum atomic E-state index is 12.4. The molecule has 0 aliphatic heterocycles. The number of amides is 1. The highest BCUT2D eigenvalue weighted by atomic mass is 16.3. The number of phenols is 1. The maximum absolute atomic E-state index is 12.4. The highest BCUT2D eigenvalue weighted by Crippen LogP contribution is 2.32. The molecule has 4 nitrogen and oxygen atoms in total. The summed E-state index contributed by atoms with van der Waals surface area (Å²) in [6, 6.07) is 4.70. The molecule has 110 valence electrons. The van der Waals surface area contributed by atoms with Gasteiger partial charge in [-0.3, -0.25) is 4.79 Å². The molecule has 0 atom stereocenters. The number of carbonyl (C=O) groups excluding carboxylic acids is 1. The monoisotopic (exact) mass is 277 g/mol. The van der Waals surface area contributed by atoms with Crippen LogP contribution in [0.15, 0.2) is 18.2 Å². The Bertz CT molecular complexity index is 490. The minimum absolute atomic E-state index is 0.0252.